The van der Waals surface area contributed by atoms with Gasteiger partial charge >= 0.3 is 0 Å². The second-order valence-electron chi connectivity index (χ2n) is 5.16. The fourth-order valence-corrected chi connectivity index (χ4v) is 2.46. The molecular weight excluding hydrogens is 266 g/mol. The number of nitrogens with zero attached hydrogens (tertiary/aromatic N) is 4. The first-order chi connectivity index (χ1) is 10.3. The summed E-state index contributed by atoms with van der Waals surface area (Å²) in [6.07, 6.45) is 4.00. The predicted molar refractivity (Wildman–Crippen MR) is 82.3 cm³/mol. The van der Waals surface area contributed by atoms with Gasteiger partial charge in [-0.05, 0) is 37.5 Å². The summed E-state index contributed by atoms with van der Waals surface area (Å²) in [7, 11) is 1.66. The first kappa shape index (κ1) is 13.6. The van der Waals surface area contributed by atoms with Crippen LogP contribution in [0.5, 0.6) is 5.75 Å². The molecule has 1 aromatic heterocycles. The monoisotopic (exact) mass is 285 g/mol. The van der Waals surface area contributed by atoms with Crippen molar-refractivity contribution in [3.8, 4) is 5.75 Å². The largest absolute Gasteiger partial charge is 0.495 e. The normalized spacial score (nSPS) is 14.3. The van der Waals surface area contributed by atoms with Gasteiger partial charge in [-0.3, -0.25) is 0 Å². The van der Waals surface area contributed by atoms with Gasteiger partial charge in [0, 0.05) is 13.1 Å². The summed E-state index contributed by atoms with van der Waals surface area (Å²) in [6.45, 7) is 4.04. The molecule has 0 saturated carbocycles. The molecule has 1 N–H and O–H groups in total. The molecule has 2 heterocycles. The standard InChI is InChI=1S/C15H19N5O/c1-11-5-6-13(21-2)12(9-11)17-14-10-16-19-15(18-14)20-7-3-4-8-20/h5-6,9-10H,3-4,7-8H2,1-2H3,(H,17,18,19). The average Bonchev–Trinajstić information content (AvgIpc) is 3.02. The first-order valence-electron chi connectivity index (χ1n) is 7.12. The Morgan fingerprint density at radius 3 is 2.81 bits per heavy atom. The highest BCUT2D eigenvalue weighted by Crippen LogP contribution is 2.28. The summed E-state index contributed by atoms with van der Waals surface area (Å²) in [5.41, 5.74) is 2.03. The summed E-state index contributed by atoms with van der Waals surface area (Å²) in [6, 6.07) is 5.97. The minimum Gasteiger partial charge on any atom is -0.495 e. The van der Waals surface area contributed by atoms with Gasteiger partial charge in [0.05, 0.1) is 19.0 Å². The lowest BCUT2D eigenvalue weighted by atomic mass is 10.2. The van der Waals surface area contributed by atoms with E-state index in [0.29, 0.717) is 11.8 Å². The van der Waals surface area contributed by atoms with Crippen LogP contribution in [-0.2, 0) is 0 Å². The van der Waals surface area contributed by atoms with E-state index in [1.165, 1.54) is 12.8 Å². The van der Waals surface area contributed by atoms with Crippen molar-refractivity contribution in [2.75, 3.05) is 30.4 Å². The van der Waals surface area contributed by atoms with Crippen molar-refractivity contribution in [3.05, 3.63) is 30.0 Å². The molecule has 1 aromatic carbocycles. The number of hydrogen-bond acceptors (Lipinski definition) is 6. The van der Waals surface area contributed by atoms with Gasteiger partial charge in [-0.1, -0.05) is 6.07 Å². The van der Waals surface area contributed by atoms with E-state index in [-0.39, 0.29) is 0 Å². The zero-order chi connectivity index (χ0) is 14.7. The number of rotatable bonds is 4. The second-order valence-corrected chi connectivity index (χ2v) is 5.16. The van der Waals surface area contributed by atoms with Gasteiger partial charge < -0.3 is 15.0 Å². The lowest BCUT2D eigenvalue weighted by molar-refractivity contribution is 0.416. The number of hydrogen-bond donors (Lipinski definition) is 1. The maximum Gasteiger partial charge on any atom is 0.247 e. The maximum atomic E-state index is 5.37. The summed E-state index contributed by atoms with van der Waals surface area (Å²) < 4.78 is 5.37. The average molecular weight is 285 g/mol. The SMILES string of the molecule is COc1ccc(C)cc1Nc1cnnc(N2CCCC2)n1. The lowest BCUT2D eigenvalue weighted by Gasteiger charge is -2.15. The van der Waals surface area contributed by atoms with E-state index in [0.717, 1.165) is 30.1 Å². The zero-order valence-electron chi connectivity index (χ0n) is 12.3. The van der Waals surface area contributed by atoms with Crippen LogP contribution < -0.4 is 15.0 Å². The summed E-state index contributed by atoms with van der Waals surface area (Å²) in [5, 5.41) is 11.4. The highest BCUT2D eigenvalue weighted by atomic mass is 16.5. The third-order valence-corrected chi connectivity index (χ3v) is 3.55. The fourth-order valence-electron chi connectivity index (χ4n) is 2.46. The van der Waals surface area contributed by atoms with E-state index in [2.05, 4.69) is 25.4 Å². The number of ether oxygens (including phenoxy) is 1. The van der Waals surface area contributed by atoms with Crippen LogP contribution in [0.4, 0.5) is 17.5 Å². The summed E-state index contributed by atoms with van der Waals surface area (Å²) in [4.78, 5) is 6.70. The maximum absolute atomic E-state index is 5.37. The van der Waals surface area contributed by atoms with Gasteiger partial charge in [0.15, 0.2) is 5.82 Å². The number of aromatic nitrogens is 3. The zero-order valence-corrected chi connectivity index (χ0v) is 12.3. The molecule has 1 aliphatic rings. The molecule has 6 heteroatoms. The van der Waals surface area contributed by atoms with E-state index >= 15 is 0 Å². The van der Waals surface area contributed by atoms with Crippen molar-refractivity contribution in [1.82, 2.24) is 15.2 Å². The number of anilines is 3. The van der Waals surface area contributed by atoms with Crippen LogP contribution in [0.15, 0.2) is 24.4 Å². The molecule has 1 saturated heterocycles. The van der Waals surface area contributed by atoms with E-state index in [4.69, 9.17) is 4.74 Å². The minimum atomic E-state index is 0.677. The Bertz CT molecular complexity index is 625. The van der Waals surface area contributed by atoms with Crippen LogP contribution in [0.2, 0.25) is 0 Å². The molecule has 1 fully saturated rings. The van der Waals surface area contributed by atoms with Gasteiger partial charge in [-0.15, -0.1) is 5.10 Å². The smallest absolute Gasteiger partial charge is 0.247 e. The Labute approximate surface area is 124 Å². The fraction of sp³-hybridized carbons (Fsp3) is 0.400. The molecule has 0 bridgehead atoms. The summed E-state index contributed by atoms with van der Waals surface area (Å²) >= 11 is 0. The Balaban J connectivity index is 1.84. The molecule has 0 spiro atoms. The predicted octanol–water partition coefficient (Wildman–Crippen LogP) is 2.53. The third kappa shape index (κ3) is 3.04. The number of nitrogens with one attached hydrogen (secondary N) is 1. The van der Waals surface area contributed by atoms with Crippen LogP contribution in [0.3, 0.4) is 0 Å². The van der Waals surface area contributed by atoms with Crippen molar-refractivity contribution in [3.63, 3.8) is 0 Å². The van der Waals surface area contributed by atoms with Crippen LogP contribution in [-0.4, -0.2) is 35.4 Å². The van der Waals surface area contributed by atoms with Crippen LogP contribution in [0.25, 0.3) is 0 Å². The van der Waals surface area contributed by atoms with E-state index in [9.17, 15) is 0 Å². The molecule has 110 valence electrons. The molecule has 6 nitrogen and oxygen atoms in total. The lowest BCUT2D eigenvalue weighted by Crippen LogP contribution is -2.21. The van der Waals surface area contributed by atoms with Gasteiger partial charge in [0.1, 0.15) is 5.75 Å². The molecule has 0 unspecified atom stereocenters. The van der Waals surface area contributed by atoms with Gasteiger partial charge in [-0.25, -0.2) is 0 Å². The van der Waals surface area contributed by atoms with E-state index in [1.807, 2.05) is 25.1 Å². The molecular formula is C15H19N5O. The molecule has 21 heavy (non-hydrogen) atoms. The van der Waals surface area contributed by atoms with Crippen molar-refractivity contribution < 1.29 is 4.74 Å². The molecule has 3 rings (SSSR count). The molecule has 0 amide bonds. The number of aryl methyl sites for hydroxylation is 1. The Kier molecular flexibility index (Phi) is 3.85. The van der Waals surface area contributed by atoms with E-state index in [1.54, 1.807) is 13.3 Å². The van der Waals surface area contributed by atoms with Crippen molar-refractivity contribution in [1.29, 1.82) is 0 Å². The van der Waals surface area contributed by atoms with Crippen LogP contribution in [0.1, 0.15) is 18.4 Å². The van der Waals surface area contributed by atoms with E-state index < -0.39 is 0 Å². The molecule has 0 aliphatic carbocycles. The first-order valence-corrected chi connectivity index (χ1v) is 7.12. The van der Waals surface area contributed by atoms with Gasteiger partial charge in [0.25, 0.3) is 0 Å². The number of methoxy groups -OCH3 is 1. The summed E-state index contributed by atoms with van der Waals surface area (Å²) in [5.74, 6) is 2.14. The molecule has 1 aliphatic heterocycles. The molecule has 0 radical (unpaired) electrons. The second kappa shape index (κ2) is 5.95. The van der Waals surface area contributed by atoms with Crippen LogP contribution in [0, 0.1) is 6.92 Å². The van der Waals surface area contributed by atoms with Crippen molar-refractivity contribution >= 4 is 17.5 Å². The minimum absolute atomic E-state index is 0.677. The molecule has 0 atom stereocenters. The van der Waals surface area contributed by atoms with Crippen molar-refractivity contribution in [2.45, 2.75) is 19.8 Å². The van der Waals surface area contributed by atoms with Gasteiger partial charge in [0.2, 0.25) is 5.95 Å². The van der Waals surface area contributed by atoms with Crippen molar-refractivity contribution in [2.24, 2.45) is 0 Å². The Hall–Kier alpha value is -2.37. The number of benzene rings is 1. The Morgan fingerprint density at radius 1 is 1.24 bits per heavy atom. The van der Waals surface area contributed by atoms with Crippen LogP contribution >= 0.6 is 0 Å². The third-order valence-electron chi connectivity index (χ3n) is 3.55. The highest BCUT2D eigenvalue weighted by Gasteiger charge is 2.16. The molecule has 2 aromatic rings. The quantitative estimate of drug-likeness (QED) is 0.931. The Morgan fingerprint density at radius 2 is 2.05 bits per heavy atom. The van der Waals surface area contributed by atoms with Gasteiger partial charge in [-0.2, -0.15) is 10.1 Å². The highest BCUT2D eigenvalue weighted by molar-refractivity contribution is 5.65. The topological polar surface area (TPSA) is 63.2 Å².